The van der Waals surface area contributed by atoms with Gasteiger partial charge in [-0.05, 0) is 33.6 Å². The van der Waals surface area contributed by atoms with E-state index in [2.05, 4.69) is 43.3 Å². The van der Waals surface area contributed by atoms with E-state index in [1.807, 2.05) is 54.4 Å². The summed E-state index contributed by atoms with van der Waals surface area (Å²) in [6.45, 7) is 0.698. The Balaban J connectivity index is 1.74. The molecule has 0 atom stereocenters. The predicted molar refractivity (Wildman–Crippen MR) is 103 cm³/mol. The molecule has 2 aromatic carbocycles. The molecular formula is C19H17BrN4O. The van der Waals surface area contributed by atoms with Gasteiger partial charge in [0.05, 0.1) is 5.69 Å². The van der Waals surface area contributed by atoms with E-state index in [1.165, 1.54) is 11.9 Å². The number of nitrogens with one attached hydrogen (secondary N) is 1. The molecule has 0 bridgehead atoms. The van der Waals surface area contributed by atoms with Crippen molar-refractivity contribution in [1.29, 1.82) is 0 Å². The summed E-state index contributed by atoms with van der Waals surface area (Å²) in [5.74, 6) is 0.416. The van der Waals surface area contributed by atoms with Crippen LogP contribution in [-0.2, 0) is 6.54 Å². The molecule has 0 unspecified atom stereocenters. The van der Waals surface area contributed by atoms with Crippen molar-refractivity contribution in [1.82, 2.24) is 9.97 Å². The highest BCUT2D eigenvalue weighted by molar-refractivity contribution is 9.10. The van der Waals surface area contributed by atoms with Crippen LogP contribution in [0, 0.1) is 0 Å². The van der Waals surface area contributed by atoms with E-state index in [-0.39, 0.29) is 5.91 Å². The van der Waals surface area contributed by atoms with E-state index in [0.29, 0.717) is 23.7 Å². The molecule has 1 heterocycles. The molecule has 1 aromatic heterocycles. The second-order valence-corrected chi connectivity index (χ2v) is 6.39. The molecule has 0 radical (unpaired) electrons. The minimum atomic E-state index is -0.274. The monoisotopic (exact) mass is 396 g/mol. The molecular weight excluding hydrogens is 380 g/mol. The Bertz CT molecular complexity index is 870. The molecule has 0 spiro atoms. The number of para-hydroxylation sites is 1. The standard InChI is InChI=1S/C19H17BrN4O/c1-24(12-14-7-3-2-4-8-14)18-11-17(21-13-22-18)19(25)23-16-10-6-5-9-15(16)20/h2-11,13H,12H2,1H3,(H,23,25). The summed E-state index contributed by atoms with van der Waals surface area (Å²) >= 11 is 3.42. The highest BCUT2D eigenvalue weighted by atomic mass is 79.9. The van der Waals surface area contributed by atoms with Crippen molar-refractivity contribution >= 4 is 33.3 Å². The molecule has 6 heteroatoms. The van der Waals surface area contributed by atoms with Crippen LogP contribution in [0.4, 0.5) is 11.5 Å². The van der Waals surface area contributed by atoms with Gasteiger partial charge in [-0.2, -0.15) is 0 Å². The van der Waals surface area contributed by atoms with E-state index < -0.39 is 0 Å². The molecule has 0 aliphatic carbocycles. The normalized spacial score (nSPS) is 10.3. The van der Waals surface area contributed by atoms with Crippen LogP contribution in [-0.4, -0.2) is 22.9 Å². The fourth-order valence-electron chi connectivity index (χ4n) is 2.37. The first-order valence-electron chi connectivity index (χ1n) is 7.76. The van der Waals surface area contributed by atoms with Crippen molar-refractivity contribution in [3.8, 4) is 0 Å². The summed E-state index contributed by atoms with van der Waals surface area (Å²) in [6.07, 6.45) is 1.41. The van der Waals surface area contributed by atoms with Crippen molar-refractivity contribution in [2.24, 2.45) is 0 Å². The van der Waals surface area contributed by atoms with E-state index >= 15 is 0 Å². The van der Waals surface area contributed by atoms with Crippen LogP contribution < -0.4 is 10.2 Å². The van der Waals surface area contributed by atoms with Gasteiger partial charge in [0.2, 0.25) is 0 Å². The molecule has 25 heavy (non-hydrogen) atoms. The second kappa shape index (κ2) is 7.90. The molecule has 0 saturated carbocycles. The number of halogens is 1. The third-order valence-corrected chi connectivity index (χ3v) is 4.35. The number of nitrogens with zero attached hydrogens (tertiary/aromatic N) is 3. The van der Waals surface area contributed by atoms with Crippen LogP contribution >= 0.6 is 15.9 Å². The van der Waals surface area contributed by atoms with Crippen LogP contribution in [0.5, 0.6) is 0 Å². The third-order valence-electron chi connectivity index (χ3n) is 3.66. The second-order valence-electron chi connectivity index (χ2n) is 5.54. The average Bonchev–Trinajstić information content (AvgIpc) is 2.64. The lowest BCUT2D eigenvalue weighted by atomic mass is 10.2. The summed E-state index contributed by atoms with van der Waals surface area (Å²) in [5.41, 5.74) is 2.19. The van der Waals surface area contributed by atoms with Gasteiger partial charge >= 0.3 is 0 Å². The summed E-state index contributed by atoms with van der Waals surface area (Å²) in [7, 11) is 1.94. The maximum absolute atomic E-state index is 12.5. The lowest BCUT2D eigenvalue weighted by Crippen LogP contribution is -2.20. The number of carbonyl (C=O) groups excluding carboxylic acids is 1. The number of carbonyl (C=O) groups is 1. The zero-order valence-electron chi connectivity index (χ0n) is 13.7. The van der Waals surface area contributed by atoms with E-state index in [4.69, 9.17) is 0 Å². The van der Waals surface area contributed by atoms with Gasteiger partial charge in [-0.3, -0.25) is 4.79 Å². The Morgan fingerprint density at radius 1 is 1.08 bits per heavy atom. The summed E-state index contributed by atoms with van der Waals surface area (Å²) in [5, 5.41) is 2.85. The van der Waals surface area contributed by atoms with Gasteiger partial charge in [0, 0.05) is 24.1 Å². The highest BCUT2D eigenvalue weighted by Gasteiger charge is 2.12. The number of hydrogen-bond acceptors (Lipinski definition) is 4. The molecule has 0 fully saturated rings. The van der Waals surface area contributed by atoms with Crippen LogP contribution in [0.25, 0.3) is 0 Å². The van der Waals surface area contributed by atoms with Gasteiger partial charge in [-0.25, -0.2) is 9.97 Å². The summed E-state index contributed by atoms with van der Waals surface area (Å²) in [4.78, 5) is 22.8. The molecule has 5 nitrogen and oxygen atoms in total. The van der Waals surface area contributed by atoms with Gasteiger partial charge in [0.25, 0.3) is 5.91 Å². The maximum Gasteiger partial charge on any atom is 0.274 e. The Kier molecular flexibility index (Phi) is 5.40. The Morgan fingerprint density at radius 3 is 2.56 bits per heavy atom. The minimum absolute atomic E-state index is 0.274. The molecule has 126 valence electrons. The lowest BCUT2D eigenvalue weighted by molar-refractivity contribution is 0.102. The first kappa shape index (κ1) is 17.1. The first-order chi connectivity index (χ1) is 12.1. The highest BCUT2D eigenvalue weighted by Crippen LogP contribution is 2.22. The molecule has 0 saturated heterocycles. The Labute approximate surface area is 154 Å². The maximum atomic E-state index is 12.5. The van der Waals surface area contributed by atoms with Gasteiger partial charge in [0.1, 0.15) is 17.8 Å². The average molecular weight is 397 g/mol. The number of rotatable bonds is 5. The van der Waals surface area contributed by atoms with E-state index in [1.54, 1.807) is 6.07 Å². The van der Waals surface area contributed by atoms with E-state index in [9.17, 15) is 4.79 Å². The minimum Gasteiger partial charge on any atom is -0.355 e. The topological polar surface area (TPSA) is 58.1 Å². The van der Waals surface area contributed by atoms with Crippen molar-refractivity contribution in [3.05, 3.63) is 82.7 Å². The number of anilines is 2. The smallest absolute Gasteiger partial charge is 0.274 e. The SMILES string of the molecule is CN(Cc1ccccc1)c1cc(C(=O)Nc2ccccc2Br)ncn1. The van der Waals surface area contributed by atoms with Crippen molar-refractivity contribution in [2.75, 3.05) is 17.3 Å². The van der Waals surface area contributed by atoms with Crippen molar-refractivity contribution in [3.63, 3.8) is 0 Å². The Morgan fingerprint density at radius 2 is 1.80 bits per heavy atom. The molecule has 3 aromatic rings. The van der Waals surface area contributed by atoms with Crippen molar-refractivity contribution in [2.45, 2.75) is 6.54 Å². The summed E-state index contributed by atoms with van der Waals surface area (Å²) < 4.78 is 0.818. The number of amides is 1. The number of benzene rings is 2. The van der Waals surface area contributed by atoms with Crippen LogP contribution in [0.1, 0.15) is 16.1 Å². The van der Waals surface area contributed by atoms with Crippen LogP contribution in [0.15, 0.2) is 71.5 Å². The van der Waals surface area contributed by atoms with E-state index in [0.717, 1.165) is 4.47 Å². The fraction of sp³-hybridized carbons (Fsp3) is 0.105. The number of hydrogen-bond donors (Lipinski definition) is 1. The van der Waals surface area contributed by atoms with Gasteiger partial charge < -0.3 is 10.2 Å². The largest absolute Gasteiger partial charge is 0.355 e. The predicted octanol–water partition coefficient (Wildman–Crippen LogP) is 4.13. The molecule has 0 aliphatic heterocycles. The van der Waals surface area contributed by atoms with Crippen molar-refractivity contribution < 1.29 is 4.79 Å². The molecule has 1 N–H and O–H groups in total. The summed E-state index contributed by atoms with van der Waals surface area (Å²) in [6, 6.07) is 19.2. The van der Waals surface area contributed by atoms with Crippen LogP contribution in [0.2, 0.25) is 0 Å². The molecule has 0 aliphatic rings. The zero-order chi connectivity index (χ0) is 17.6. The quantitative estimate of drug-likeness (QED) is 0.704. The third kappa shape index (κ3) is 4.42. The molecule has 1 amide bonds. The first-order valence-corrected chi connectivity index (χ1v) is 8.56. The van der Waals surface area contributed by atoms with Gasteiger partial charge in [-0.1, -0.05) is 42.5 Å². The molecule has 3 rings (SSSR count). The zero-order valence-corrected chi connectivity index (χ0v) is 15.3. The van der Waals surface area contributed by atoms with Gasteiger partial charge in [0.15, 0.2) is 0 Å². The number of aromatic nitrogens is 2. The Hall–Kier alpha value is -2.73. The lowest BCUT2D eigenvalue weighted by Gasteiger charge is -2.18. The fourth-order valence-corrected chi connectivity index (χ4v) is 2.75. The van der Waals surface area contributed by atoms with Crippen LogP contribution in [0.3, 0.4) is 0 Å². The van der Waals surface area contributed by atoms with Gasteiger partial charge in [-0.15, -0.1) is 0 Å².